The Morgan fingerprint density at radius 3 is 2.75 bits per heavy atom. The number of anilines is 1. The fourth-order valence-corrected chi connectivity index (χ4v) is 1.74. The fourth-order valence-electron chi connectivity index (χ4n) is 1.31. The van der Waals surface area contributed by atoms with Crippen molar-refractivity contribution in [1.29, 1.82) is 0 Å². The average Bonchev–Trinajstić information content (AvgIpc) is 2.67. The van der Waals surface area contributed by atoms with Crippen LogP contribution in [0.1, 0.15) is 0 Å². The van der Waals surface area contributed by atoms with Crippen molar-refractivity contribution in [3.05, 3.63) is 28.5 Å². The Kier molecular flexibility index (Phi) is 2.82. The van der Waals surface area contributed by atoms with E-state index >= 15 is 0 Å². The molecule has 1 aromatic carbocycles. The fraction of sp³-hybridized carbons (Fsp3) is 0.100. The second-order valence-corrected chi connectivity index (χ2v) is 4.00. The van der Waals surface area contributed by atoms with Crippen LogP contribution in [0.4, 0.5) is 10.2 Å². The highest BCUT2D eigenvalue weighted by Crippen LogP contribution is 2.33. The molecule has 1 aromatic heterocycles. The largest absolute Gasteiger partial charge is 0.494 e. The summed E-state index contributed by atoms with van der Waals surface area (Å²) in [5, 5.41) is 3.50. The summed E-state index contributed by atoms with van der Waals surface area (Å²) >= 11 is 3.25. The van der Waals surface area contributed by atoms with Gasteiger partial charge in [-0.25, -0.2) is 4.39 Å². The molecule has 0 unspecified atom stereocenters. The summed E-state index contributed by atoms with van der Waals surface area (Å²) in [7, 11) is 1.39. The lowest BCUT2D eigenvalue weighted by Crippen LogP contribution is -1.91. The van der Waals surface area contributed by atoms with Crippen molar-refractivity contribution in [2.45, 2.75) is 0 Å². The number of nitrogens with zero attached hydrogens (tertiary/aromatic N) is 1. The van der Waals surface area contributed by atoms with Crippen molar-refractivity contribution in [3.63, 3.8) is 0 Å². The van der Waals surface area contributed by atoms with Gasteiger partial charge in [-0.05, 0) is 12.1 Å². The first kappa shape index (κ1) is 10.9. The Morgan fingerprint density at radius 2 is 2.19 bits per heavy atom. The molecule has 2 rings (SSSR count). The minimum absolute atomic E-state index is 0.124. The van der Waals surface area contributed by atoms with Crippen LogP contribution in [-0.4, -0.2) is 12.3 Å². The third kappa shape index (κ3) is 1.88. The van der Waals surface area contributed by atoms with Crippen LogP contribution in [-0.2, 0) is 0 Å². The number of rotatable bonds is 2. The third-order valence-electron chi connectivity index (χ3n) is 2.02. The first-order chi connectivity index (χ1) is 7.61. The molecule has 0 radical (unpaired) electrons. The second-order valence-electron chi connectivity index (χ2n) is 3.09. The molecule has 2 aromatic rings. The smallest absolute Gasteiger partial charge is 0.176 e. The summed E-state index contributed by atoms with van der Waals surface area (Å²) in [6, 6.07) is 4.54. The molecule has 0 fully saturated rings. The van der Waals surface area contributed by atoms with Crippen LogP contribution in [0.15, 0.2) is 27.2 Å². The van der Waals surface area contributed by atoms with Gasteiger partial charge in [-0.2, -0.15) is 0 Å². The lowest BCUT2D eigenvalue weighted by Gasteiger charge is -2.05. The van der Waals surface area contributed by atoms with Gasteiger partial charge in [0.1, 0.15) is 0 Å². The van der Waals surface area contributed by atoms with Crippen molar-refractivity contribution < 1.29 is 13.7 Å². The molecule has 0 saturated heterocycles. The van der Waals surface area contributed by atoms with Crippen LogP contribution in [0.3, 0.4) is 0 Å². The quantitative estimate of drug-likeness (QED) is 0.922. The van der Waals surface area contributed by atoms with Crippen LogP contribution in [0.25, 0.3) is 11.3 Å². The zero-order valence-corrected chi connectivity index (χ0v) is 9.92. The minimum atomic E-state index is -0.512. The normalized spacial score (nSPS) is 10.4. The lowest BCUT2D eigenvalue weighted by molar-refractivity contribution is 0.384. The van der Waals surface area contributed by atoms with Gasteiger partial charge in [-0.1, -0.05) is 21.1 Å². The second kappa shape index (κ2) is 4.13. The van der Waals surface area contributed by atoms with Crippen LogP contribution < -0.4 is 10.5 Å². The molecule has 0 spiro atoms. The third-order valence-corrected chi connectivity index (χ3v) is 2.48. The number of nitrogens with two attached hydrogens (primary N) is 1. The molecule has 2 N–H and O–H groups in total. The number of hydrogen-bond acceptors (Lipinski definition) is 4. The Balaban J connectivity index is 2.60. The van der Waals surface area contributed by atoms with E-state index in [0.29, 0.717) is 4.47 Å². The number of benzene rings is 1. The molecule has 84 valence electrons. The Labute approximate surface area is 99.3 Å². The van der Waals surface area contributed by atoms with Crippen molar-refractivity contribution in [2.24, 2.45) is 0 Å². The van der Waals surface area contributed by atoms with E-state index in [1.54, 1.807) is 6.07 Å². The molecule has 0 aliphatic carbocycles. The Morgan fingerprint density at radius 1 is 1.44 bits per heavy atom. The summed E-state index contributed by atoms with van der Waals surface area (Å²) in [5.41, 5.74) is 5.65. The van der Waals surface area contributed by atoms with E-state index < -0.39 is 5.82 Å². The van der Waals surface area contributed by atoms with E-state index in [0.717, 1.165) is 0 Å². The minimum Gasteiger partial charge on any atom is -0.494 e. The number of nitrogen functional groups attached to an aromatic ring is 1. The molecule has 16 heavy (non-hydrogen) atoms. The van der Waals surface area contributed by atoms with Crippen LogP contribution in [0, 0.1) is 5.82 Å². The zero-order chi connectivity index (χ0) is 11.7. The van der Waals surface area contributed by atoms with Gasteiger partial charge in [0.25, 0.3) is 0 Å². The van der Waals surface area contributed by atoms with Gasteiger partial charge in [-0.15, -0.1) is 0 Å². The number of aromatic nitrogens is 1. The Hall–Kier alpha value is -1.56. The summed E-state index contributed by atoms with van der Waals surface area (Å²) in [4.78, 5) is 0. The van der Waals surface area contributed by atoms with E-state index in [1.165, 1.54) is 19.2 Å². The number of methoxy groups -OCH3 is 1. The van der Waals surface area contributed by atoms with Gasteiger partial charge in [0.05, 0.1) is 12.7 Å². The molecule has 0 saturated carbocycles. The topological polar surface area (TPSA) is 61.3 Å². The maximum atomic E-state index is 13.9. The van der Waals surface area contributed by atoms with Crippen LogP contribution in [0.5, 0.6) is 5.75 Å². The van der Waals surface area contributed by atoms with Crippen molar-refractivity contribution in [3.8, 4) is 17.1 Å². The zero-order valence-electron chi connectivity index (χ0n) is 8.33. The molecule has 0 aliphatic rings. The van der Waals surface area contributed by atoms with E-state index in [9.17, 15) is 4.39 Å². The Bertz CT molecular complexity index is 528. The highest BCUT2D eigenvalue weighted by atomic mass is 79.9. The molecule has 4 nitrogen and oxygen atoms in total. The molecular formula is C10H8BrFN2O2. The predicted octanol–water partition coefficient (Wildman–Crippen LogP) is 2.83. The van der Waals surface area contributed by atoms with Crippen molar-refractivity contribution >= 4 is 21.7 Å². The molecule has 0 amide bonds. The van der Waals surface area contributed by atoms with Gasteiger partial charge in [0.2, 0.25) is 0 Å². The average molecular weight is 287 g/mol. The molecule has 1 heterocycles. The first-order valence-corrected chi connectivity index (χ1v) is 5.16. The van der Waals surface area contributed by atoms with E-state index in [2.05, 4.69) is 21.1 Å². The molecule has 0 bridgehead atoms. The van der Waals surface area contributed by atoms with Gasteiger partial charge < -0.3 is 15.0 Å². The monoisotopic (exact) mass is 286 g/mol. The van der Waals surface area contributed by atoms with Crippen molar-refractivity contribution in [2.75, 3.05) is 12.8 Å². The highest BCUT2D eigenvalue weighted by Gasteiger charge is 2.15. The van der Waals surface area contributed by atoms with Crippen molar-refractivity contribution in [1.82, 2.24) is 5.16 Å². The van der Waals surface area contributed by atoms with Crippen LogP contribution in [0.2, 0.25) is 0 Å². The number of halogens is 2. The van der Waals surface area contributed by atoms with Gasteiger partial charge in [0, 0.05) is 10.5 Å². The van der Waals surface area contributed by atoms with E-state index in [-0.39, 0.29) is 22.9 Å². The van der Waals surface area contributed by atoms with E-state index in [4.69, 9.17) is 15.0 Å². The summed E-state index contributed by atoms with van der Waals surface area (Å²) in [6.45, 7) is 0. The van der Waals surface area contributed by atoms with Gasteiger partial charge in [-0.3, -0.25) is 0 Å². The molecule has 0 aliphatic heterocycles. The summed E-state index contributed by atoms with van der Waals surface area (Å²) < 4.78 is 24.3. The number of hydrogen-bond donors (Lipinski definition) is 1. The highest BCUT2D eigenvalue weighted by molar-refractivity contribution is 9.10. The van der Waals surface area contributed by atoms with Crippen LogP contribution >= 0.6 is 15.9 Å². The predicted molar refractivity (Wildman–Crippen MR) is 60.6 cm³/mol. The SMILES string of the molecule is COc1cc(Br)cc(-c2cc(N)no2)c1F. The molecule has 0 atom stereocenters. The van der Waals surface area contributed by atoms with Gasteiger partial charge in [0.15, 0.2) is 23.1 Å². The standard InChI is InChI=1S/C10H8BrFN2O2/c1-15-8-3-5(11)2-6(10(8)12)7-4-9(13)14-16-7/h2-4H,1H3,(H2,13,14). The maximum absolute atomic E-state index is 13.9. The molecule has 6 heteroatoms. The lowest BCUT2D eigenvalue weighted by atomic mass is 10.1. The summed E-state index contributed by atoms with van der Waals surface area (Å²) in [6.07, 6.45) is 0. The first-order valence-electron chi connectivity index (χ1n) is 4.37. The molecular weight excluding hydrogens is 279 g/mol. The number of ether oxygens (including phenoxy) is 1. The summed E-state index contributed by atoms with van der Waals surface area (Å²) in [5.74, 6) is 0.0733. The van der Waals surface area contributed by atoms with Gasteiger partial charge >= 0.3 is 0 Å². The maximum Gasteiger partial charge on any atom is 0.176 e. The van der Waals surface area contributed by atoms with E-state index in [1.807, 2.05) is 0 Å².